The number of nitrogens with zero attached hydrogens (tertiary/aromatic N) is 2. The normalized spacial score (nSPS) is 11.8. The van der Waals surface area contributed by atoms with Crippen LogP contribution in [0, 0.1) is 0 Å². The van der Waals surface area contributed by atoms with E-state index in [0.29, 0.717) is 24.2 Å². The summed E-state index contributed by atoms with van der Waals surface area (Å²) >= 11 is 0. The molecule has 0 aliphatic carbocycles. The lowest BCUT2D eigenvalue weighted by molar-refractivity contribution is 0.0850. The first-order chi connectivity index (χ1) is 11.9. The van der Waals surface area contributed by atoms with Crippen LogP contribution in [0.15, 0.2) is 48.5 Å². The minimum Gasteiger partial charge on any atom is -0.425 e. The molecule has 3 aromatic rings. The van der Waals surface area contributed by atoms with Crippen molar-refractivity contribution in [3.05, 3.63) is 48.5 Å². The van der Waals surface area contributed by atoms with Gasteiger partial charge in [0.05, 0.1) is 11.0 Å². The summed E-state index contributed by atoms with van der Waals surface area (Å²) in [6.45, 7) is 8.22. The highest BCUT2D eigenvalue weighted by Crippen LogP contribution is 2.26. The number of rotatable bonds is 7. The lowest BCUT2D eigenvalue weighted by Crippen LogP contribution is -2.22. The van der Waals surface area contributed by atoms with Gasteiger partial charge in [0, 0.05) is 20.4 Å². The fourth-order valence-electron chi connectivity index (χ4n) is 2.43. The van der Waals surface area contributed by atoms with Crippen molar-refractivity contribution >= 4 is 24.8 Å². The first-order valence-electron chi connectivity index (χ1n) is 8.49. The molecule has 0 bridgehead atoms. The number of para-hydroxylation sites is 2. The van der Waals surface area contributed by atoms with E-state index >= 15 is 0 Å². The van der Waals surface area contributed by atoms with E-state index in [0.717, 1.165) is 23.7 Å². The Bertz CT molecular complexity index is 838. The Balaban J connectivity index is 1.80. The molecule has 1 aromatic heterocycles. The van der Waals surface area contributed by atoms with Crippen molar-refractivity contribution in [2.75, 3.05) is 12.3 Å². The lowest BCUT2D eigenvalue weighted by Gasteiger charge is -2.16. The van der Waals surface area contributed by atoms with Gasteiger partial charge in [-0.25, -0.2) is 0 Å². The molecular weight excluding hydrogens is 330 g/mol. The van der Waals surface area contributed by atoms with Gasteiger partial charge >= 0.3 is 6.01 Å². The summed E-state index contributed by atoms with van der Waals surface area (Å²) < 4.78 is 13.9. The van der Waals surface area contributed by atoms with Crippen LogP contribution < -0.4 is 10.5 Å². The molecule has 0 spiro atoms. The highest BCUT2D eigenvalue weighted by molar-refractivity contribution is 6.76. The van der Waals surface area contributed by atoms with Crippen molar-refractivity contribution in [3.63, 3.8) is 0 Å². The van der Waals surface area contributed by atoms with Gasteiger partial charge in [-0.15, -0.1) is 0 Å². The second-order valence-electron chi connectivity index (χ2n) is 7.33. The van der Waals surface area contributed by atoms with Gasteiger partial charge in [-0.2, -0.15) is 4.98 Å². The van der Waals surface area contributed by atoms with Gasteiger partial charge in [-0.1, -0.05) is 31.8 Å². The van der Waals surface area contributed by atoms with E-state index in [9.17, 15) is 0 Å². The van der Waals surface area contributed by atoms with Crippen LogP contribution in [0.5, 0.6) is 11.8 Å². The Morgan fingerprint density at radius 1 is 1.04 bits per heavy atom. The number of nitrogens with two attached hydrogens (primary N) is 1. The topological polar surface area (TPSA) is 62.3 Å². The van der Waals surface area contributed by atoms with Gasteiger partial charge in [0.1, 0.15) is 12.5 Å². The number of nitrogen functional groups attached to an aromatic ring is 1. The monoisotopic (exact) mass is 355 g/mol. The van der Waals surface area contributed by atoms with Crippen LogP contribution in [0.1, 0.15) is 0 Å². The van der Waals surface area contributed by atoms with E-state index in [1.807, 2.05) is 53.1 Å². The van der Waals surface area contributed by atoms with Crippen LogP contribution in [0.3, 0.4) is 0 Å². The smallest absolute Gasteiger partial charge is 0.304 e. The first kappa shape index (κ1) is 17.5. The van der Waals surface area contributed by atoms with Crippen molar-refractivity contribution < 1.29 is 9.47 Å². The second-order valence-corrected chi connectivity index (χ2v) is 13.0. The number of aromatic nitrogens is 2. The predicted octanol–water partition coefficient (Wildman–Crippen LogP) is 4.72. The fraction of sp³-hybridized carbons (Fsp3) is 0.316. The molecule has 0 saturated carbocycles. The summed E-state index contributed by atoms with van der Waals surface area (Å²) in [6, 6.07) is 16.9. The molecule has 0 atom stereocenters. The van der Waals surface area contributed by atoms with Crippen LogP contribution in [-0.2, 0) is 11.5 Å². The molecule has 1 heterocycles. The zero-order valence-corrected chi connectivity index (χ0v) is 16.0. The number of anilines is 1. The van der Waals surface area contributed by atoms with Crippen LogP contribution in [0.4, 0.5) is 5.69 Å². The Hall–Kier alpha value is -2.31. The zero-order chi connectivity index (χ0) is 17.9. The van der Waals surface area contributed by atoms with Gasteiger partial charge in [0.15, 0.2) is 0 Å². The van der Waals surface area contributed by atoms with Gasteiger partial charge in [0.2, 0.25) is 0 Å². The molecule has 0 aliphatic rings. The van der Waals surface area contributed by atoms with Crippen LogP contribution >= 0.6 is 0 Å². The van der Waals surface area contributed by atoms with E-state index in [2.05, 4.69) is 24.6 Å². The molecule has 0 fully saturated rings. The lowest BCUT2D eigenvalue weighted by atomic mass is 10.3. The summed E-state index contributed by atoms with van der Waals surface area (Å²) in [5.74, 6) is 0.702. The molecule has 0 radical (unpaired) electrons. The molecule has 2 N–H and O–H groups in total. The van der Waals surface area contributed by atoms with Crippen LogP contribution in [-0.4, -0.2) is 24.2 Å². The summed E-state index contributed by atoms with van der Waals surface area (Å²) in [4.78, 5) is 4.60. The van der Waals surface area contributed by atoms with Crippen molar-refractivity contribution in [3.8, 4) is 11.8 Å². The Kier molecular flexibility index (Phi) is 5.10. The van der Waals surface area contributed by atoms with Gasteiger partial charge in [-0.05, 0) is 42.4 Å². The van der Waals surface area contributed by atoms with Crippen molar-refractivity contribution in [2.24, 2.45) is 0 Å². The molecule has 132 valence electrons. The zero-order valence-electron chi connectivity index (χ0n) is 15.0. The standard InChI is InChI=1S/C19H25N3O2Si/c1-25(2,3)13-12-23-14-22-18-7-5-4-6-17(18)21-19(22)24-16-10-8-15(20)9-11-16/h4-11H,12-14,20H2,1-3H3. The highest BCUT2D eigenvalue weighted by Gasteiger charge is 2.15. The average Bonchev–Trinajstić information content (AvgIpc) is 2.90. The molecule has 5 nitrogen and oxygen atoms in total. The van der Waals surface area contributed by atoms with Gasteiger partial charge in [-0.3, -0.25) is 4.57 Å². The molecule has 0 saturated heterocycles. The van der Waals surface area contributed by atoms with Gasteiger partial charge < -0.3 is 15.2 Å². The second kappa shape index (κ2) is 7.29. The molecule has 0 unspecified atom stereocenters. The average molecular weight is 356 g/mol. The number of hydrogen-bond acceptors (Lipinski definition) is 4. The van der Waals surface area contributed by atoms with E-state index in [1.165, 1.54) is 0 Å². The van der Waals surface area contributed by atoms with Crippen molar-refractivity contribution in [2.45, 2.75) is 32.4 Å². The highest BCUT2D eigenvalue weighted by atomic mass is 28.3. The van der Waals surface area contributed by atoms with Crippen LogP contribution in [0.2, 0.25) is 25.7 Å². The maximum absolute atomic E-state index is 5.97. The van der Waals surface area contributed by atoms with E-state index in [1.54, 1.807) is 0 Å². The minimum absolute atomic E-state index is 0.426. The predicted molar refractivity (Wildman–Crippen MR) is 105 cm³/mol. The number of hydrogen-bond donors (Lipinski definition) is 1. The molecule has 2 aromatic carbocycles. The SMILES string of the molecule is C[Si](C)(C)CCOCn1c(Oc2ccc(N)cc2)nc2ccccc21. The molecule has 25 heavy (non-hydrogen) atoms. The largest absolute Gasteiger partial charge is 0.425 e. The Labute approximate surface area is 149 Å². The maximum Gasteiger partial charge on any atom is 0.304 e. The molecule has 0 amide bonds. The fourth-order valence-corrected chi connectivity index (χ4v) is 3.19. The molecular formula is C19H25N3O2Si. The van der Waals surface area contributed by atoms with Crippen LogP contribution in [0.25, 0.3) is 11.0 Å². The van der Waals surface area contributed by atoms with Gasteiger partial charge in [0.25, 0.3) is 0 Å². The minimum atomic E-state index is -1.11. The quantitative estimate of drug-likeness (QED) is 0.378. The summed E-state index contributed by atoms with van der Waals surface area (Å²) in [6.07, 6.45) is 0. The third-order valence-electron chi connectivity index (χ3n) is 3.93. The summed E-state index contributed by atoms with van der Waals surface area (Å²) in [5, 5.41) is 0. The number of imidazole rings is 1. The van der Waals surface area contributed by atoms with E-state index < -0.39 is 8.07 Å². The third kappa shape index (κ3) is 4.61. The van der Waals surface area contributed by atoms with Crippen molar-refractivity contribution in [1.29, 1.82) is 0 Å². The number of benzene rings is 2. The Morgan fingerprint density at radius 2 is 1.76 bits per heavy atom. The van der Waals surface area contributed by atoms with E-state index in [4.69, 9.17) is 15.2 Å². The first-order valence-corrected chi connectivity index (χ1v) is 12.2. The van der Waals surface area contributed by atoms with Crippen molar-refractivity contribution in [1.82, 2.24) is 9.55 Å². The summed E-state index contributed by atoms with van der Waals surface area (Å²) in [7, 11) is -1.11. The molecule has 3 rings (SSSR count). The van der Waals surface area contributed by atoms with E-state index in [-0.39, 0.29) is 0 Å². The molecule has 6 heteroatoms. The summed E-state index contributed by atoms with van der Waals surface area (Å²) in [5.41, 5.74) is 8.33. The number of ether oxygens (including phenoxy) is 2. The maximum atomic E-state index is 5.97. The molecule has 0 aliphatic heterocycles. The number of fused-ring (bicyclic) bond motifs is 1. The third-order valence-corrected chi connectivity index (χ3v) is 5.63. The Morgan fingerprint density at radius 3 is 2.48 bits per heavy atom.